The zero-order valence-corrected chi connectivity index (χ0v) is 20.0. The molecule has 9 nitrogen and oxygen atoms in total. The van der Waals surface area contributed by atoms with Gasteiger partial charge >= 0.3 is 0 Å². The minimum atomic E-state index is -1.12. The van der Waals surface area contributed by atoms with E-state index in [0.29, 0.717) is 53.4 Å². The van der Waals surface area contributed by atoms with Gasteiger partial charge in [0.05, 0.1) is 25.7 Å². The summed E-state index contributed by atoms with van der Waals surface area (Å²) in [5.41, 5.74) is 1.23. The first-order chi connectivity index (χ1) is 16.9. The first-order valence-electron chi connectivity index (χ1n) is 12.0. The monoisotopic (exact) mass is 484 g/mol. The van der Waals surface area contributed by atoms with E-state index in [1.165, 1.54) is 13.2 Å². The number of aliphatic hydroxyl groups is 2. The fraction of sp³-hybridized carbons (Fsp3) is 0.500. The number of allylic oxidation sites excluding steroid dienone is 1. The van der Waals surface area contributed by atoms with Crippen molar-refractivity contribution in [3.63, 3.8) is 0 Å². The largest absolute Gasteiger partial charge is 0.493 e. The summed E-state index contributed by atoms with van der Waals surface area (Å²) in [7, 11) is 1.45. The summed E-state index contributed by atoms with van der Waals surface area (Å²) in [6.07, 6.45) is 6.33. The topological polar surface area (TPSA) is 125 Å². The Morgan fingerprint density at radius 2 is 2.09 bits per heavy atom. The Hall–Kier alpha value is -3.17. The van der Waals surface area contributed by atoms with Crippen molar-refractivity contribution in [3.8, 4) is 11.5 Å². The normalized spacial score (nSPS) is 24.7. The van der Waals surface area contributed by atoms with Gasteiger partial charge in [0.1, 0.15) is 18.5 Å². The van der Waals surface area contributed by atoms with Crippen molar-refractivity contribution < 1.29 is 34.1 Å². The molecule has 0 spiro atoms. The van der Waals surface area contributed by atoms with E-state index in [4.69, 9.17) is 9.47 Å². The lowest BCUT2D eigenvalue weighted by atomic mass is 9.77. The highest BCUT2D eigenvalue weighted by molar-refractivity contribution is 5.97. The molecule has 2 amide bonds. The molecule has 1 aliphatic heterocycles. The molecule has 188 valence electrons. The van der Waals surface area contributed by atoms with E-state index in [0.717, 1.165) is 12.8 Å². The van der Waals surface area contributed by atoms with Crippen LogP contribution in [0.3, 0.4) is 0 Å². The van der Waals surface area contributed by atoms with Gasteiger partial charge in [-0.15, -0.1) is 0 Å². The smallest absolute Gasteiger partial charge is 0.247 e. The predicted molar refractivity (Wildman–Crippen MR) is 127 cm³/mol. The summed E-state index contributed by atoms with van der Waals surface area (Å²) in [5.74, 6) is -0.289. The number of ether oxygens (including phenoxy) is 2. The molecule has 1 saturated carbocycles. The second kappa shape index (κ2) is 10.6. The van der Waals surface area contributed by atoms with E-state index in [2.05, 4.69) is 5.32 Å². The zero-order chi connectivity index (χ0) is 25.1. The third-order valence-corrected chi connectivity index (χ3v) is 6.70. The Morgan fingerprint density at radius 3 is 2.71 bits per heavy atom. The van der Waals surface area contributed by atoms with Gasteiger partial charge in [-0.25, -0.2) is 0 Å². The Morgan fingerprint density at radius 1 is 1.31 bits per heavy atom. The van der Waals surface area contributed by atoms with Gasteiger partial charge < -0.3 is 29.9 Å². The van der Waals surface area contributed by atoms with Gasteiger partial charge in [0.25, 0.3) is 0 Å². The molecule has 9 heteroatoms. The van der Waals surface area contributed by atoms with Crippen LogP contribution >= 0.6 is 0 Å². The Balaban J connectivity index is 1.79. The quantitative estimate of drug-likeness (QED) is 0.338. The molecule has 4 unspecified atom stereocenters. The van der Waals surface area contributed by atoms with Crippen LogP contribution in [-0.4, -0.2) is 78.3 Å². The minimum absolute atomic E-state index is 0.0517. The number of carbonyl (C=O) groups is 3. The van der Waals surface area contributed by atoms with E-state index >= 15 is 0 Å². The van der Waals surface area contributed by atoms with Crippen LogP contribution in [0.1, 0.15) is 48.0 Å². The molecule has 4 rings (SSSR count). The van der Waals surface area contributed by atoms with Crippen LogP contribution in [0.4, 0.5) is 0 Å². The van der Waals surface area contributed by atoms with Crippen molar-refractivity contribution in [3.05, 3.63) is 47.1 Å². The molecular formula is C26H32N2O7. The third kappa shape index (κ3) is 4.97. The predicted octanol–water partition coefficient (Wildman–Crippen LogP) is 1.34. The first kappa shape index (κ1) is 24.9. The number of aldehydes is 1. The number of aliphatic hydroxyl groups excluding tert-OH is 2. The van der Waals surface area contributed by atoms with E-state index in [9.17, 15) is 24.6 Å². The molecule has 0 radical (unpaired) electrons. The molecule has 0 saturated heterocycles. The number of benzene rings is 1. The number of hydrogen-bond acceptors (Lipinski definition) is 7. The lowest BCUT2D eigenvalue weighted by Crippen LogP contribution is -2.56. The lowest BCUT2D eigenvalue weighted by Gasteiger charge is -2.40. The molecule has 1 aromatic carbocycles. The highest BCUT2D eigenvalue weighted by Crippen LogP contribution is 2.51. The fourth-order valence-corrected chi connectivity index (χ4v) is 4.81. The van der Waals surface area contributed by atoms with Gasteiger partial charge in [-0.1, -0.05) is 13.0 Å². The average Bonchev–Trinajstić information content (AvgIpc) is 3.61. The number of carbonyl (C=O) groups excluding carboxylic acids is 3. The van der Waals surface area contributed by atoms with Crippen molar-refractivity contribution in [2.45, 2.75) is 50.4 Å². The van der Waals surface area contributed by atoms with Gasteiger partial charge in [0.2, 0.25) is 11.8 Å². The summed E-state index contributed by atoms with van der Waals surface area (Å²) >= 11 is 0. The average molecular weight is 485 g/mol. The number of amides is 2. The molecular weight excluding hydrogens is 452 g/mol. The molecule has 1 heterocycles. The molecule has 35 heavy (non-hydrogen) atoms. The molecule has 3 N–H and O–H groups in total. The van der Waals surface area contributed by atoms with Gasteiger partial charge in [-0.2, -0.15) is 0 Å². The van der Waals surface area contributed by atoms with Crippen LogP contribution in [0.5, 0.6) is 11.5 Å². The van der Waals surface area contributed by atoms with Crippen molar-refractivity contribution >= 4 is 18.1 Å². The zero-order valence-electron chi connectivity index (χ0n) is 20.0. The number of methoxy groups -OCH3 is 1. The molecule has 1 aromatic rings. The summed E-state index contributed by atoms with van der Waals surface area (Å²) in [6, 6.07) is 2.39. The number of fused-ring (bicyclic) bond motifs is 3. The highest BCUT2D eigenvalue weighted by Gasteiger charge is 2.51. The number of nitrogens with zero attached hydrogens (tertiary/aromatic N) is 1. The summed E-state index contributed by atoms with van der Waals surface area (Å²) in [4.78, 5) is 39.5. The van der Waals surface area contributed by atoms with E-state index in [-0.39, 0.29) is 19.1 Å². The first-order valence-corrected chi connectivity index (χ1v) is 12.0. The second-order valence-electron chi connectivity index (χ2n) is 9.15. The molecule has 4 atom stereocenters. The lowest BCUT2D eigenvalue weighted by molar-refractivity contribution is -0.132. The molecule has 1 fully saturated rings. The van der Waals surface area contributed by atoms with Crippen LogP contribution in [-0.2, 0) is 9.59 Å². The van der Waals surface area contributed by atoms with Crippen molar-refractivity contribution in [1.29, 1.82) is 0 Å². The van der Waals surface area contributed by atoms with Gasteiger partial charge in [0.15, 0.2) is 11.5 Å². The van der Waals surface area contributed by atoms with Crippen molar-refractivity contribution in [2.75, 3.05) is 26.8 Å². The van der Waals surface area contributed by atoms with E-state index in [1.807, 2.05) is 6.92 Å². The van der Waals surface area contributed by atoms with Gasteiger partial charge in [0, 0.05) is 29.8 Å². The van der Waals surface area contributed by atoms with Crippen LogP contribution < -0.4 is 14.8 Å². The minimum Gasteiger partial charge on any atom is -0.493 e. The third-order valence-electron chi connectivity index (χ3n) is 6.70. The SMILES string of the molecule is CCC=CC(=O)N(CC1CC1)C1C=C(C(=O)NCCO)C2c3cc(C=O)cc(OC)c3OC2C1O. The summed E-state index contributed by atoms with van der Waals surface area (Å²) < 4.78 is 11.6. The summed E-state index contributed by atoms with van der Waals surface area (Å²) in [5, 5.41) is 23.4. The van der Waals surface area contributed by atoms with Crippen LogP contribution in [0.15, 0.2) is 35.9 Å². The fourth-order valence-electron chi connectivity index (χ4n) is 4.81. The molecule has 2 aliphatic carbocycles. The van der Waals surface area contributed by atoms with Crippen molar-refractivity contribution in [1.82, 2.24) is 10.2 Å². The Labute approximate surface area is 204 Å². The standard InChI is InChI=1S/C26H32N2O7/c1-3-4-5-21(31)28(13-15-6-7-15)19-12-18(26(33)27-8-9-29)22-17-10-16(14-30)11-20(34-2)24(17)35-25(22)23(19)32/h4-5,10-12,14-15,19,22-23,25,29,32H,3,6-9,13H2,1-2H3,(H,27,33). The van der Waals surface area contributed by atoms with Crippen LogP contribution in [0, 0.1) is 5.92 Å². The van der Waals surface area contributed by atoms with E-state index < -0.39 is 30.1 Å². The Bertz CT molecular complexity index is 1050. The maximum atomic E-state index is 13.2. The van der Waals surface area contributed by atoms with Gasteiger partial charge in [-0.3, -0.25) is 14.4 Å². The number of rotatable bonds is 10. The van der Waals surface area contributed by atoms with Crippen molar-refractivity contribution in [2.24, 2.45) is 5.92 Å². The molecule has 3 aliphatic rings. The Kier molecular flexibility index (Phi) is 7.57. The highest BCUT2D eigenvalue weighted by atomic mass is 16.5. The van der Waals surface area contributed by atoms with Crippen LogP contribution in [0.2, 0.25) is 0 Å². The van der Waals surface area contributed by atoms with Crippen LogP contribution in [0.25, 0.3) is 0 Å². The maximum absolute atomic E-state index is 13.2. The summed E-state index contributed by atoms with van der Waals surface area (Å²) in [6.45, 7) is 2.22. The van der Waals surface area contributed by atoms with E-state index in [1.54, 1.807) is 29.2 Å². The number of nitrogens with one attached hydrogen (secondary N) is 1. The maximum Gasteiger partial charge on any atom is 0.247 e. The molecule has 0 aromatic heterocycles. The molecule has 0 bridgehead atoms. The van der Waals surface area contributed by atoms with Gasteiger partial charge in [-0.05, 0) is 49.5 Å². The second-order valence-corrected chi connectivity index (χ2v) is 9.15. The number of hydrogen-bond donors (Lipinski definition) is 3.